The molecule has 0 saturated carbocycles. The molecule has 1 aromatic rings. The predicted molar refractivity (Wildman–Crippen MR) is 76.8 cm³/mol. The lowest BCUT2D eigenvalue weighted by Gasteiger charge is -2.29. The molecular formula is C13H23N3S. The van der Waals surface area contributed by atoms with Crippen LogP contribution in [0.4, 0.5) is 5.95 Å². The smallest absolute Gasteiger partial charge is 0.223 e. The number of aryl methyl sites for hydroxylation is 2. The third-order valence-electron chi connectivity index (χ3n) is 3.27. The summed E-state index contributed by atoms with van der Waals surface area (Å²) in [5, 5.41) is 3.38. The van der Waals surface area contributed by atoms with Crippen molar-refractivity contribution >= 4 is 17.7 Å². The molecule has 1 N–H and O–H groups in total. The van der Waals surface area contributed by atoms with Gasteiger partial charge in [-0.2, -0.15) is 11.8 Å². The number of hydrogen-bond acceptors (Lipinski definition) is 4. The number of rotatable bonds is 6. The minimum Gasteiger partial charge on any atom is -0.353 e. The van der Waals surface area contributed by atoms with Gasteiger partial charge in [0.15, 0.2) is 0 Å². The average Bonchev–Trinajstić information content (AvgIpc) is 2.30. The van der Waals surface area contributed by atoms with Crippen molar-refractivity contribution in [3.8, 4) is 0 Å². The Morgan fingerprint density at radius 2 is 1.71 bits per heavy atom. The minimum atomic E-state index is 0.293. The molecule has 0 spiro atoms. The second kappa shape index (κ2) is 6.24. The van der Waals surface area contributed by atoms with Gasteiger partial charge in [0.2, 0.25) is 5.95 Å². The van der Waals surface area contributed by atoms with Crippen LogP contribution < -0.4 is 5.32 Å². The molecule has 17 heavy (non-hydrogen) atoms. The van der Waals surface area contributed by atoms with Gasteiger partial charge in [-0.1, -0.05) is 13.8 Å². The van der Waals surface area contributed by atoms with Crippen molar-refractivity contribution in [3.63, 3.8) is 0 Å². The largest absolute Gasteiger partial charge is 0.353 e. The van der Waals surface area contributed by atoms with Crippen LogP contribution in [0.25, 0.3) is 0 Å². The molecule has 0 aromatic carbocycles. The van der Waals surface area contributed by atoms with Crippen LogP contribution in [0.2, 0.25) is 0 Å². The van der Waals surface area contributed by atoms with Crippen molar-refractivity contribution in [1.29, 1.82) is 0 Å². The molecule has 0 aliphatic carbocycles. The summed E-state index contributed by atoms with van der Waals surface area (Å²) in [6.45, 7) is 9.40. The maximum Gasteiger partial charge on any atom is 0.223 e. The lowest BCUT2D eigenvalue weighted by Crippen LogP contribution is -2.32. The van der Waals surface area contributed by atoms with E-state index in [1.165, 1.54) is 0 Å². The Balaban J connectivity index is 2.71. The zero-order valence-corrected chi connectivity index (χ0v) is 12.3. The molecule has 4 heteroatoms. The predicted octanol–water partition coefficient (Wildman–Crippen LogP) is 3.43. The van der Waals surface area contributed by atoms with E-state index in [0.717, 1.165) is 36.7 Å². The van der Waals surface area contributed by atoms with Gasteiger partial charge in [-0.3, -0.25) is 0 Å². The van der Waals surface area contributed by atoms with Crippen molar-refractivity contribution in [3.05, 3.63) is 17.5 Å². The lowest BCUT2D eigenvalue weighted by molar-refractivity contribution is 0.572. The quantitative estimate of drug-likeness (QED) is 0.843. The summed E-state index contributed by atoms with van der Waals surface area (Å²) < 4.78 is 0.293. The third kappa shape index (κ3) is 3.87. The first-order chi connectivity index (χ1) is 8.05. The second-order valence-electron chi connectivity index (χ2n) is 4.42. The van der Waals surface area contributed by atoms with Gasteiger partial charge >= 0.3 is 0 Å². The summed E-state index contributed by atoms with van der Waals surface area (Å²) >= 11 is 1.93. The van der Waals surface area contributed by atoms with Crippen LogP contribution in [-0.4, -0.2) is 27.5 Å². The maximum absolute atomic E-state index is 4.41. The molecule has 0 atom stereocenters. The Bertz CT molecular complexity index is 333. The van der Waals surface area contributed by atoms with Gasteiger partial charge in [0.1, 0.15) is 0 Å². The molecule has 3 nitrogen and oxygen atoms in total. The summed E-state index contributed by atoms with van der Waals surface area (Å²) in [7, 11) is 0. The lowest BCUT2D eigenvalue weighted by atomic mass is 10.0. The van der Waals surface area contributed by atoms with Crippen LogP contribution in [-0.2, 0) is 0 Å². The van der Waals surface area contributed by atoms with E-state index in [-0.39, 0.29) is 0 Å². The number of aromatic nitrogens is 2. The molecule has 0 amide bonds. The number of thioether (sulfide) groups is 1. The van der Waals surface area contributed by atoms with E-state index in [9.17, 15) is 0 Å². The summed E-state index contributed by atoms with van der Waals surface area (Å²) in [5.41, 5.74) is 2.03. The average molecular weight is 253 g/mol. The fourth-order valence-electron chi connectivity index (χ4n) is 1.91. The minimum absolute atomic E-state index is 0.293. The van der Waals surface area contributed by atoms with Crippen LogP contribution in [0.5, 0.6) is 0 Å². The van der Waals surface area contributed by atoms with E-state index < -0.39 is 0 Å². The normalized spacial score (nSPS) is 11.6. The first-order valence-corrected chi connectivity index (χ1v) is 7.39. The summed E-state index contributed by atoms with van der Waals surface area (Å²) in [6, 6.07) is 1.99. The molecule has 0 aliphatic rings. The fraction of sp³-hybridized carbons (Fsp3) is 0.692. The molecule has 96 valence electrons. The van der Waals surface area contributed by atoms with E-state index in [1.54, 1.807) is 0 Å². The SMILES string of the molecule is CCC(CC)(CNc1nc(C)cc(C)n1)SC. The Morgan fingerprint density at radius 3 is 2.12 bits per heavy atom. The highest BCUT2D eigenvalue weighted by Gasteiger charge is 2.24. The van der Waals surface area contributed by atoms with Crippen molar-refractivity contribution in [2.24, 2.45) is 0 Å². The van der Waals surface area contributed by atoms with Gasteiger partial charge in [-0.05, 0) is 39.0 Å². The molecule has 0 aliphatic heterocycles. The van der Waals surface area contributed by atoms with Crippen molar-refractivity contribution in [1.82, 2.24) is 9.97 Å². The van der Waals surface area contributed by atoms with E-state index in [2.05, 4.69) is 35.4 Å². The third-order valence-corrected chi connectivity index (χ3v) is 4.86. The monoisotopic (exact) mass is 253 g/mol. The molecule has 0 bridgehead atoms. The van der Waals surface area contributed by atoms with Crippen molar-refractivity contribution < 1.29 is 0 Å². The van der Waals surface area contributed by atoms with Gasteiger partial charge in [0.25, 0.3) is 0 Å². The second-order valence-corrected chi connectivity index (χ2v) is 5.70. The standard InChI is InChI=1S/C13H23N3S/c1-6-13(7-2,17-5)9-14-12-15-10(3)8-11(4)16-12/h8H,6-7,9H2,1-5H3,(H,14,15,16). The van der Waals surface area contributed by atoms with Gasteiger partial charge < -0.3 is 5.32 Å². The molecule has 0 unspecified atom stereocenters. The highest BCUT2D eigenvalue weighted by atomic mass is 32.2. The zero-order chi connectivity index (χ0) is 12.9. The van der Waals surface area contributed by atoms with Crippen LogP contribution in [0.1, 0.15) is 38.1 Å². The maximum atomic E-state index is 4.41. The Hall–Kier alpha value is -0.770. The van der Waals surface area contributed by atoms with E-state index in [1.807, 2.05) is 31.7 Å². The fourth-order valence-corrected chi connectivity index (χ4v) is 2.70. The summed E-state index contributed by atoms with van der Waals surface area (Å²) in [4.78, 5) is 8.82. The molecule has 1 heterocycles. The highest BCUT2D eigenvalue weighted by Crippen LogP contribution is 2.30. The topological polar surface area (TPSA) is 37.8 Å². The van der Waals surface area contributed by atoms with Crippen LogP contribution in [0.15, 0.2) is 6.07 Å². The van der Waals surface area contributed by atoms with E-state index >= 15 is 0 Å². The van der Waals surface area contributed by atoms with Gasteiger partial charge in [-0.15, -0.1) is 0 Å². The Kier molecular flexibility index (Phi) is 5.25. The van der Waals surface area contributed by atoms with Crippen LogP contribution in [0, 0.1) is 13.8 Å². The number of hydrogen-bond donors (Lipinski definition) is 1. The summed E-state index contributed by atoms with van der Waals surface area (Å²) in [5.74, 6) is 0.753. The van der Waals surface area contributed by atoms with E-state index in [0.29, 0.717) is 4.75 Å². The van der Waals surface area contributed by atoms with Gasteiger partial charge in [-0.25, -0.2) is 9.97 Å². The molecule has 0 fully saturated rings. The number of nitrogens with zero attached hydrogens (tertiary/aromatic N) is 2. The first kappa shape index (κ1) is 14.3. The Labute approximate surface area is 109 Å². The molecule has 0 saturated heterocycles. The summed E-state index contributed by atoms with van der Waals surface area (Å²) in [6.07, 6.45) is 4.49. The highest BCUT2D eigenvalue weighted by molar-refractivity contribution is 8.00. The van der Waals surface area contributed by atoms with Crippen molar-refractivity contribution in [2.75, 3.05) is 18.1 Å². The van der Waals surface area contributed by atoms with Crippen molar-refractivity contribution in [2.45, 2.75) is 45.3 Å². The molecular weight excluding hydrogens is 230 g/mol. The Morgan fingerprint density at radius 1 is 1.18 bits per heavy atom. The van der Waals surface area contributed by atoms with Crippen LogP contribution >= 0.6 is 11.8 Å². The van der Waals surface area contributed by atoms with Gasteiger partial charge in [0, 0.05) is 22.7 Å². The van der Waals surface area contributed by atoms with Gasteiger partial charge in [0.05, 0.1) is 0 Å². The van der Waals surface area contributed by atoms with Crippen LogP contribution in [0.3, 0.4) is 0 Å². The van der Waals surface area contributed by atoms with E-state index in [4.69, 9.17) is 0 Å². The molecule has 1 rings (SSSR count). The number of anilines is 1. The molecule has 0 radical (unpaired) electrons. The molecule has 1 aromatic heterocycles. The first-order valence-electron chi connectivity index (χ1n) is 6.16. The number of nitrogens with one attached hydrogen (secondary N) is 1. The zero-order valence-electron chi connectivity index (χ0n) is 11.5.